The fourth-order valence-electron chi connectivity index (χ4n) is 3.66. The van der Waals surface area contributed by atoms with Crippen LogP contribution in [0.4, 0.5) is 5.82 Å². The molecule has 0 fully saturated rings. The van der Waals surface area contributed by atoms with E-state index in [4.69, 9.17) is 17.3 Å². The van der Waals surface area contributed by atoms with Gasteiger partial charge in [0.05, 0.1) is 12.5 Å². The molecule has 7 nitrogen and oxygen atoms in total. The number of carbonyl (C=O) groups excluding carboxylic acids is 1. The van der Waals surface area contributed by atoms with Gasteiger partial charge in [-0.15, -0.1) is 0 Å². The van der Waals surface area contributed by atoms with Crippen molar-refractivity contribution < 1.29 is 15.0 Å². The molecule has 3 rings (SSSR count). The molecule has 0 saturated heterocycles. The summed E-state index contributed by atoms with van der Waals surface area (Å²) in [5.74, 6) is 0.369. The number of nitrogens with zero attached hydrogens (tertiary/aromatic N) is 1. The number of aliphatic hydroxyl groups excluding tert-OH is 1. The van der Waals surface area contributed by atoms with Crippen molar-refractivity contribution in [1.82, 2.24) is 15.6 Å². The topological polar surface area (TPSA) is 120 Å². The average molecular weight is 483 g/mol. The molecule has 1 aromatic heterocycles. The van der Waals surface area contributed by atoms with Crippen LogP contribution in [-0.2, 0) is 24.2 Å². The van der Waals surface area contributed by atoms with Crippen LogP contribution in [0.2, 0.25) is 5.02 Å². The second kappa shape index (κ2) is 11.3. The van der Waals surface area contributed by atoms with E-state index < -0.39 is 6.10 Å². The Bertz CT molecular complexity index is 1120. The molecule has 2 aromatic carbocycles. The van der Waals surface area contributed by atoms with Gasteiger partial charge in [0.2, 0.25) is 5.91 Å². The maximum absolute atomic E-state index is 12.4. The Morgan fingerprint density at radius 1 is 1.15 bits per heavy atom. The number of carbonyl (C=O) groups is 1. The van der Waals surface area contributed by atoms with E-state index in [1.54, 1.807) is 30.5 Å². The van der Waals surface area contributed by atoms with Gasteiger partial charge in [-0.1, -0.05) is 41.9 Å². The van der Waals surface area contributed by atoms with Crippen molar-refractivity contribution in [2.75, 3.05) is 12.3 Å². The zero-order valence-corrected chi connectivity index (χ0v) is 20.1. The zero-order chi connectivity index (χ0) is 24.7. The summed E-state index contributed by atoms with van der Waals surface area (Å²) in [7, 11) is 0. The maximum atomic E-state index is 12.4. The highest BCUT2D eigenvalue weighted by atomic mass is 35.5. The monoisotopic (exact) mass is 482 g/mol. The van der Waals surface area contributed by atoms with Gasteiger partial charge >= 0.3 is 0 Å². The van der Waals surface area contributed by atoms with Gasteiger partial charge in [0.25, 0.3) is 0 Å². The normalized spacial score (nSPS) is 12.4. The van der Waals surface area contributed by atoms with Gasteiger partial charge in [0.15, 0.2) is 0 Å². The predicted octanol–water partition coefficient (Wildman–Crippen LogP) is 3.53. The van der Waals surface area contributed by atoms with Crippen molar-refractivity contribution in [2.24, 2.45) is 0 Å². The molecule has 180 valence electrons. The Morgan fingerprint density at radius 2 is 1.91 bits per heavy atom. The lowest BCUT2D eigenvalue weighted by molar-refractivity contribution is -0.120. The number of amides is 1. The summed E-state index contributed by atoms with van der Waals surface area (Å²) < 4.78 is 0. The minimum atomic E-state index is -0.693. The Hall–Kier alpha value is -3.13. The number of rotatable bonds is 10. The SMILES string of the molecule is CC(C)(Cc1cccc(CC(=O)NCc2cc(Cl)ccc2O)c1)NC[C@@H](O)c1ccc(N)nc1. The summed E-state index contributed by atoms with van der Waals surface area (Å²) in [5, 5.41) is 27.1. The number of β-amino-alcohol motifs (C(OH)–C–C–N with tert-alkyl or cyclic N) is 1. The standard InChI is InChI=1S/C26H31ClN4O3/c1-26(2,31-16-23(33)19-6-9-24(28)29-14-19)13-18-5-3-4-17(10-18)11-25(34)30-15-20-12-21(27)7-8-22(20)32/h3-10,12,14,23,31-33H,11,13,15-16H2,1-2H3,(H2,28,29)(H,30,34)/t23-/m1/s1. The fourth-order valence-corrected chi connectivity index (χ4v) is 3.86. The number of aromatic hydroxyl groups is 1. The number of aromatic nitrogens is 1. The van der Waals surface area contributed by atoms with E-state index in [2.05, 4.69) is 29.5 Å². The third kappa shape index (κ3) is 7.73. The predicted molar refractivity (Wildman–Crippen MR) is 135 cm³/mol. The summed E-state index contributed by atoms with van der Waals surface area (Å²) >= 11 is 5.96. The van der Waals surface area contributed by atoms with Crippen LogP contribution >= 0.6 is 11.6 Å². The number of nitrogens with two attached hydrogens (primary N) is 1. The number of anilines is 1. The number of nitrogens with one attached hydrogen (secondary N) is 2. The first kappa shape index (κ1) is 25.5. The highest BCUT2D eigenvalue weighted by Crippen LogP contribution is 2.21. The molecule has 0 aliphatic heterocycles. The van der Waals surface area contributed by atoms with Gasteiger partial charge in [-0.3, -0.25) is 4.79 Å². The van der Waals surface area contributed by atoms with Gasteiger partial charge in [-0.2, -0.15) is 0 Å². The van der Waals surface area contributed by atoms with Crippen molar-refractivity contribution in [1.29, 1.82) is 0 Å². The van der Waals surface area contributed by atoms with Crippen LogP contribution in [0, 0.1) is 0 Å². The molecular weight excluding hydrogens is 452 g/mol. The molecule has 6 N–H and O–H groups in total. The molecule has 0 spiro atoms. The van der Waals surface area contributed by atoms with Gasteiger partial charge in [0.1, 0.15) is 11.6 Å². The van der Waals surface area contributed by atoms with Crippen LogP contribution in [0.3, 0.4) is 0 Å². The minimum absolute atomic E-state index is 0.0965. The summed E-state index contributed by atoms with van der Waals surface area (Å²) in [6.07, 6.45) is 1.83. The molecule has 3 aromatic rings. The molecule has 34 heavy (non-hydrogen) atoms. The Kier molecular flexibility index (Phi) is 8.50. The van der Waals surface area contributed by atoms with Crippen LogP contribution in [0.5, 0.6) is 5.75 Å². The highest BCUT2D eigenvalue weighted by molar-refractivity contribution is 6.30. The number of hydrogen-bond acceptors (Lipinski definition) is 6. The summed E-state index contributed by atoms with van der Waals surface area (Å²) in [5.41, 5.74) is 8.57. The van der Waals surface area contributed by atoms with Crippen LogP contribution in [-0.4, -0.2) is 33.2 Å². The minimum Gasteiger partial charge on any atom is -0.508 e. The number of phenols is 1. The number of aliphatic hydroxyl groups is 1. The molecule has 1 amide bonds. The summed E-state index contributed by atoms with van der Waals surface area (Å²) in [6.45, 7) is 4.71. The van der Waals surface area contributed by atoms with Crippen molar-refractivity contribution >= 4 is 23.3 Å². The number of phenolic OH excluding ortho intramolecular Hbond substituents is 1. The lowest BCUT2D eigenvalue weighted by atomic mass is 9.93. The molecule has 0 aliphatic carbocycles. The quantitative estimate of drug-likeness (QED) is 0.301. The van der Waals surface area contributed by atoms with E-state index >= 15 is 0 Å². The van der Waals surface area contributed by atoms with E-state index in [-0.39, 0.29) is 30.2 Å². The third-order valence-electron chi connectivity index (χ3n) is 5.49. The van der Waals surface area contributed by atoms with Crippen LogP contribution < -0.4 is 16.4 Å². The lowest BCUT2D eigenvalue weighted by Gasteiger charge is -2.28. The van der Waals surface area contributed by atoms with Crippen molar-refractivity contribution in [3.63, 3.8) is 0 Å². The van der Waals surface area contributed by atoms with E-state index in [1.165, 1.54) is 6.07 Å². The zero-order valence-electron chi connectivity index (χ0n) is 19.4. The smallest absolute Gasteiger partial charge is 0.224 e. The highest BCUT2D eigenvalue weighted by Gasteiger charge is 2.20. The van der Waals surface area contributed by atoms with Crippen LogP contribution in [0.15, 0.2) is 60.8 Å². The largest absolute Gasteiger partial charge is 0.508 e. The van der Waals surface area contributed by atoms with E-state index in [1.807, 2.05) is 24.3 Å². The number of nitrogen functional groups attached to an aromatic ring is 1. The number of pyridine rings is 1. The average Bonchev–Trinajstić information content (AvgIpc) is 2.78. The van der Waals surface area contributed by atoms with Gasteiger partial charge in [-0.05, 0) is 55.7 Å². The van der Waals surface area contributed by atoms with Crippen LogP contribution in [0.1, 0.15) is 42.2 Å². The number of benzene rings is 2. The first-order chi connectivity index (χ1) is 16.1. The van der Waals surface area contributed by atoms with Crippen molar-refractivity contribution in [3.05, 3.63) is 88.1 Å². The Balaban J connectivity index is 1.52. The lowest BCUT2D eigenvalue weighted by Crippen LogP contribution is -2.43. The van der Waals surface area contributed by atoms with E-state index in [9.17, 15) is 15.0 Å². The van der Waals surface area contributed by atoms with Gasteiger partial charge in [-0.25, -0.2) is 4.98 Å². The molecular formula is C26H31ClN4O3. The Morgan fingerprint density at radius 3 is 2.65 bits per heavy atom. The fraction of sp³-hybridized carbons (Fsp3) is 0.308. The molecule has 0 radical (unpaired) electrons. The third-order valence-corrected chi connectivity index (χ3v) is 5.72. The second-order valence-corrected chi connectivity index (χ2v) is 9.46. The van der Waals surface area contributed by atoms with Gasteiger partial charge < -0.3 is 26.6 Å². The maximum Gasteiger partial charge on any atom is 0.224 e. The van der Waals surface area contributed by atoms with Gasteiger partial charge in [0, 0.05) is 41.0 Å². The summed E-state index contributed by atoms with van der Waals surface area (Å²) in [6, 6.07) is 16.1. The molecule has 0 aliphatic rings. The molecule has 1 atom stereocenters. The molecule has 0 saturated carbocycles. The van der Waals surface area contributed by atoms with Crippen molar-refractivity contribution in [3.8, 4) is 5.75 Å². The molecule has 0 bridgehead atoms. The van der Waals surface area contributed by atoms with E-state index in [0.29, 0.717) is 34.9 Å². The van der Waals surface area contributed by atoms with Crippen molar-refractivity contribution in [2.45, 2.75) is 44.9 Å². The second-order valence-electron chi connectivity index (χ2n) is 9.02. The van der Waals surface area contributed by atoms with E-state index in [0.717, 1.165) is 11.1 Å². The van der Waals surface area contributed by atoms with Crippen LogP contribution in [0.25, 0.3) is 0 Å². The molecule has 8 heteroatoms. The molecule has 1 heterocycles. The Labute approximate surface area is 205 Å². The first-order valence-electron chi connectivity index (χ1n) is 11.1. The number of hydrogen-bond donors (Lipinski definition) is 5. The first-order valence-corrected chi connectivity index (χ1v) is 11.5. The summed E-state index contributed by atoms with van der Waals surface area (Å²) in [4.78, 5) is 16.5. The molecule has 0 unspecified atom stereocenters. The number of halogens is 1.